The van der Waals surface area contributed by atoms with E-state index in [1.165, 1.54) is 115 Å². The largest absolute Gasteiger partial charge is 0.0654 e. The Morgan fingerprint density at radius 2 is 1.06 bits per heavy atom. The zero-order valence-electron chi connectivity index (χ0n) is 21.5. The molecule has 0 nitrogen and oxygen atoms in total. The summed E-state index contributed by atoms with van der Waals surface area (Å²) in [6.45, 7) is 9.56. The Morgan fingerprint density at radius 1 is 0.613 bits per heavy atom. The smallest absolute Gasteiger partial charge is 0.0117 e. The number of fused-ring (bicyclic) bond motifs is 1. The summed E-state index contributed by atoms with van der Waals surface area (Å²) in [7, 11) is 0. The van der Waals surface area contributed by atoms with Crippen molar-refractivity contribution in [2.45, 2.75) is 142 Å². The molecule has 0 amide bonds. The zero-order chi connectivity index (χ0) is 22.4. The maximum absolute atomic E-state index is 2.56. The first-order chi connectivity index (χ1) is 15.1. The molecule has 1 aliphatic rings. The topological polar surface area (TPSA) is 0 Å². The molecule has 0 saturated carbocycles. The molecule has 0 aliphatic heterocycles. The highest BCUT2D eigenvalue weighted by Gasteiger charge is 2.36. The predicted octanol–water partition coefficient (Wildman–Crippen LogP) is 10.6. The van der Waals surface area contributed by atoms with Crippen LogP contribution in [0, 0.1) is 5.92 Å². The summed E-state index contributed by atoms with van der Waals surface area (Å²) in [6, 6.07) is 9.12. The van der Waals surface area contributed by atoms with Gasteiger partial charge < -0.3 is 0 Å². The number of hydrogen-bond acceptors (Lipinski definition) is 0. The third-order valence-electron chi connectivity index (χ3n) is 7.67. The summed E-state index contributed by atoms with van der Waals surface area (Å²) in [5.74, 6) is 0.776. The Bertz CT molecular complexity index is 621. The van der Waals surface area contributed by atoms with Gasteiger partial charge in [0.25, 0.3) is 0 Å². The highest BCUT2D eigenvalue weighted by Crippen LogP contribution is 2.47. The van der Waals surface area contributed by atoms with Crippen LogP contribution in [0.3, 0.4) is 0 Å². The molecule has 1 unspecified atom stereocenters. The van der Waals surface area contributed by atoms with E-state index in [1.807, 2.05) is 0 Å². The van der Waals surface area contributed by atoms with E-state index in [0.29, 0.717) is 0 Å². The Hall–Kier alpha value is -1.04. The fourth-order valence-electron chi connectivity index (χ4n) is 5.65. The summed E-state index contributed by atoms with van der Waals surface area (Å²) in [6.07, 6.45) is 26.7. The van der Waals surface area contributed by atoms with Gasteiger partial charge in [-0.05, 0) is 29.9 Å². The first-order valence-electron chi connectivity index (χ1n) is 13.9. The van der Waals surface area contributed by atoms with Crippen molar-refractivity contribution in [2.24, 2.45) is 5.92 Å². The lowest BCUT2D eigenvalue weighted by Gasteiger charge is -2.31. The lowest BCUT2D eigenvalue weighted by molar-refractivity contribution is 0.410. The molecule has 0 heterocycles. The van der Waals surface area contributed by atoms with Crippen molar-refractivity contribution < 1.29 is 0 Å². The second-order valence-electron chi connectivity index (χ2n) is 10.7. The average Bonchev–Trinajstić information content (AvgIpc) is 3.04. The van der Waals surface area contributed by atoms with E-state index in [9.17, 15) is 0 Å². The molecule has 0 radical (unpaired) electrons. The monoisotopic (exact) mass is 424 g/mol. The molecular formula is C31H52. The van der Waals surface area contributed by atoms with Gasteiger partial charge in [-0.15, -0.1) is 0 Å². The maximum Gasteiger partial charge on any atom is 0.0117 e. The van der Waals surface area contributed by atoms with Gasteiger partial charge >= 0.3 is 0 Å². The van der Waals surface area contributed by atoms with Crippen molar-refractivity contribution in [1.29, 1.82) is 0 Å². The van der Waals surface area contributed by atoms with Gasteiger partial charge in [-0.3, -0.25) is 0 Å². The third kappa shape index (κ3) is 8.78. The van der Waals surface area contributed by atoms with E-state index >= 15 is 0 Å². The molecule has 1 aliphatic carbocycles. The molecule has 0 bridgehead atoms. The van der Waals surface area contributed by atoms with Crippen LogP contribution in [-0.2, 0) is 5.41 Å². The lowest BCUT2D eigenvalue weighted by atomic mass is 9.73. The summed E-state index contributed by atoms with van der Waals surface area (Å²) >= 11 is 0. The summed E-state index contributed by atoms with van der Waals surface area (Å²) in [5.41, 5.74) is 4.96. The quantitative estimate of drug-likeness (QED) is 0.205. The van der Waals surface area contributed by atoms with E-state index in [2.05, 4.69) is 58.0 Å². The molecule has 1 aromatic rings. The Kier molecular flexibility index (Phi) is 12.6. The zero-order valence-corrected chi connectivity index (χ0v) is 21.5. The summed E-state index contributed by atoms with van der Waals surface area (Å²) in [4.78, 5) is 0. The Labute approximate surface area is 195 Å². The van der Waals surface area contributed by atoms with Gasteiger partial charge in [-0.2, -0.15) is 0 Å². The van der Waals surface area contributed by atoms with Crippen LogP contribution in [0.25, 0.3) is 6.08 Å². The molecule has 31 heavy (non-hydrogen) atoms. The van der Waals surface area contributed by atoms with E-state index < -0.39 is 0 Å². The Balaban J connectivity index is 1.85. The predicted molar refractivity (Wildman–Crippen MR) is 141 cm³/mol. The van der Waals surface area contributed by atoms with E-state index in [0.717, 1.165) is 5.92 Å². The lowest BCUT2D eigenvalue weighted by Crippen LogP contribution is -2.23. The fourth-order valence-corrected chi connectivity index (χ4v) is 5.65. The van der Waals surface area contributed by atoms with Crippen molar-refractivity contribution >= 4 is 6.08 Å². The highest BCUT2D eigenvalue weighted by molar-refractivity contribution is 5.69. The van der Waals surface area contributed by atoms with Crippen LogP contribution in [0.4, 0.5) is 0 Å². The van der Waals surface area contributed by atoms with Crippen LogP contribution in [0.1, 0.15) is 148 Å². The molecule has 2 rings (SSSR count). The van der Waals surface area contributed by atoms with Crippen molar-refractivity contribution in [3.05, 3.63) is 41.0 Å². The molecule has 176 valence electrons. The van der Waals surface area contributed by atoms with E-state index in [4.69, 9.17) is 0 Å². The molecule has 0 fully saturated rings. The number of hydrogen-bond donors (Lipinski definition) is 0. The minimum Gasteiger partial charge on any atom is -0.0654 e. The van der Waals surface area contributed by atoms with Gasteiger partial charge in [-0.25, -0.2) is 0 Å². The molecule has 0 aromatic heterocycles. The summed E-state index contributed by atoms with van der Waals surface area (Å²) < 4.78 is 0. The molecule has 1 aromatic carbocycles. The minimum atomic E-state index is 0.211. The second kappa shape index (κ2) is 14.9. The van der Waals surface area contributed by atoms with Gasteiger partial charge in [0.2, 0.25) is 0 Å². The van der Waals surface area contributed by atoms with Gasteiger partial charge in [0.1, 0.15) is 0 Å². The van der Waals surface area contributed by atoms with Crippen molar-refractivity contribution in [1.82, 2.24) is 0 Å². The number of unbranched alkanes of at least 4 members (excludes halogenated alkanes) is 13. The third-order valence-corrected chi connectivity index (χ3v) is 7.67. The number of rotatable bonds is 18. The SMILES string of the molecule is CCCCCCCCCCC(CCCCCCCCC)C1=Cc2ccccc2C1(C)C. The fraction of sp³-hybridized carbons (Fsp3) is 0.742. The average molecular weight is 425 g/mol. The Morgan fingerprint density at radius 3 is 1.55 bits per heavy atom. The molecule has 0 spiro atoms. The van der Waals surface area contributed by atoms with Crippen molar-refractivity contribution in [2.75, 3.05) is 0 Å². The van der Waals surface area contributed by atoms with Crippen LogP contribution >= 0.6 is 0 Å². The molecule has 0 heteroatoms. The molecule has 0 saturated heterocycles. The number of allylic oxidation sites excluding steroid dienone is 1. The standard InChI is InChI=1S/C31H52/c1-5-7-9-11-13-15-17-19-23-27(22-18-16-14-12-10-8-6-2)30-26-28-24-20-21-25-29(28)31(30,3)4/h20-21,24-27H,5-19,22-23H2,1-4H3. The van der Waals surface area contributed by atoms with Crippen LogP contribution in [0.15, 0.2) is 29.8 Å². The normalized spacial score (nSPS) is 15.7. The highest BCUT2D eigenvalue weighted by atomic mass is 14.4. The summed E-state index contributed by atoms with van der Waals surface area (Å²) in [5, 5.41) is 0. The van der Waals surface area contributed by atoms with E-state index in [-0.39, 0.29) is 5.41 Å². The van der Waals surface area contributed by atoms with Gasteiger partial charge in [0.15, 0.2) is 0 Å². The maximum atomic E-state index is 2.56. The first-order valence-corrected chi connectivity index (χ1v) is 13.9. The van der Waals surface area contributed by atoms with Gasteiger partial charge in [0.05, 0.1) is 0 Å². The first kappa shape index (κ1) is 26.2. The van der Waals surface area contributed by atoms with Gasteiger partial charge in [-0.1, -0.05) is 160 Å². The van der Waals surface area contributed by atoms with Crippen LogP contribution < -0.4 is 0 Å². The second-order valence-corrected chi connectivity index (χ2v) is 10.7. The van der Waals surface area contributed by atoms with Crippen LogP contribution in [0.2, 0.25) is 0 Å². The molecule has 1 atom stereocenters. The van der Waals surface area contributed by atoms with Crippen LogP contribution in [0.5, 0.6) is 0 Å². The molecule has 0 N–H and O–H groups in total. The number of benzene rings is 1. The van der Waals surface area contributed by atoms with E-state index in [1.54, 1.807) is 11.1 Å². The minimum absolute atomic E-state index is 0.211. The van der Waals surface area contributed by atoms with Crippen molar-refractivity contribution in [3.63, 3.8) is 0 Å². The van der Waals surface area contributed by atoms with Gasteiger partial charge in [0, 0.05) is 5.41 Å². The molecular weight excluding hydrogens is 372 g/mol. The van der Waals surface area contributed by atoms with Crippen molar-refractivity contribution in [3.8, 4) is 0 Å². The van der Waals surface area contributed by atoms with Crippen LogP contribution in [-0.4, -0.2) is 0 Å².